The molecule has 2 unspecified atom stereocenters. The van der Waals surface area contributed by atoms with Crippen molar-refractivity contribution in [3.63, 3.8) is 0 Å². The lowest BCUT2D eigenvalue weighted by molar-refractivity contribution is -0.142. The fraction of sp³-hybridized carbons (Fsp3) is 0.500. The second-order valence-electron chi connectivity index (χ2n) is 6.63. The number of fused-ring (bicyclic) bond motifs is 2. The summed E-state index contributed by atoms with van der Waals surface area (Å²) in [6.45, 7) is 3.89. The van der Waals surface area contributed by atoms with E-state index in [0.29, 0.717) is 34.5 Å². The first kappa shape index (κ1) is 14.9. The summed E-state index contributed by atoms with van der Waals surface area (Å²) in [7, 11) is 0. The van der Waals surface area contributed by atoms with Crippen LogP contribution < -0.4 is 5.32 Å². The molecule has 2 atom stereocenters. The normalized spacial score (nSPS) is 29.7. The fourth-order valence-electron chi connectivity index (χ4n) is 3.82. The Bertz CT molecular complexity index is 641. The van der Waals surface area contributed by atoms with Crippen molar-refractivity contribution in [1.82, 2.24) is 0 Å². The van der Waals surface area contributed by atoms with Crippen molar-refractivity contribution in [3.05, 3.63) is 28.2 Å². The highest BCUT2D eigenvalue weighted by molar-refractivity contribution is 6.44. The molecule has 2 saturated carbocycles. The van der Waals surface area contributed by atoms with E-state index >= 15 is 0 Å². The van der Waals surface area contributed by atoms with Crippen LogP contribution in [0.1, 0.15) is 33.1 Å². The van der Waals surface area contributed by atoms with Crippen molar-refractivity contribution in [2.45, 2.75) is 33.1 Å². The summed E-state index contributed by atoms with van der Waals surface area (Å²) in [4.78, 5) is 25.4. The SMILES string of the molecule is CC1(C)C(=O)C2(C(=O)Nc3cccc(Cl)c3Cl)CCC1C2. The molecule has 1 amide bonds. The van der Waals surface area contributed by atoms with Crippen LogP contribution in [0, 0.1) is 16.7 Å². The maximum atomic E-state index is 12.7. The highest BCUT2D eigenvalue weighted by atomic mass is 35.5. The van der Waals surface area contributed by atoms with Crippen LogP contribution in [0.25, 0.3) is 0 Å². The van der Waals surface area contributed by atoms with Gasteiger partial charge < -0.3 is 5.32 Å². The number of ketones is 1. The first-order chi connectivity index (χ1) is 9.79. The van der Waals surface area contributed by atoms with Gasteiger partial charge in [-0.25, -0.2) is 0 Å². The Balaban J connectivity index is 1.90. The number of nitrogens with one attached hydrogen (secondary N) is 1. The smallest absolute Gasteiger partial charge is 0.238 e. The quantitative estimate of drug-likeness (QED) is 0.823. The minimum absolute atomic E-state index is 0.0573. The largest absolute Gasteiger partial charge is 0.324 e. The van der Waals surface area contributed by atoms with Crippen LogP contribution in [-0.4, -0.2) is 11.7 Å². The maximum absolute atomic E-state index is 12.7. The third-order valence-corrected chi connectivity index (χ3v) is 6.01. The summed E-state index contributed by atoms with van der Waals surface area (Å²) in [5.74, 6) is 0.109. The van der Waals surface area contributed by atoms with Gasteiger partial charge in [0.2, 0.25) is 5.91 Å². The Morgan fingerprint density at radius 3 is 2.67 bits per heavy atom. The monoisotopic (exact) mass is 325 g/mol. The molecule has 21 heavy (non-hydrogen) atoms. The van der Waals surface area contributed by atoms with Gasteiger partial charge in [0.25, 0.3) is 0 Å². The van der Waals surface area contributed by atoms with E-state index in [0.717, 1.165) is 6.42 Å². The molecule has 3 rings (SSSR count). The summed E-state index contributed by atoms with van der Waals surface area (Å²) < 4.78 is 0. The number of hydrogen-bond acceptors (Lipinski definition) is 2. The number of anilines is 1. The summed E-state index contributed by atoms with van der Waals surface area (Å²) in [6, 6.07) is 5.08. The van der Waals surface area contributed by atoms with Gasteiger partial charge >= 0.3 is 0 Å². The van der Waals surface area contributed by atoms with Gasteiger partial charge in [0.05, 0.1) is 15.7 Å². The van der Waals surface area contributed by atoms with Gasteiger partial charge in [0.15, 0.2) is 5.78 Å². The molecule has 1 aromatic carbocycles. The predicted molar refractivity (Wildman–Crippen MR) is 83.7 cm³/mol. The van der Waals surface area contributed by atoms with E-state index in [1.54, 1.807) is 18.2 Å². The second-order valence-corrected chi connectivity index (χ2v) is 7.41. The summed E-state index contributed by atoms with van der Waals surface area (Å²) >= 11 is 12.1. The van der Waals surface area contributed by atoms with Crippen LogP contribution >= 0.6 is 23.2 Å². The highest BCUT2D eigenvalue weighted by Crippen LogP contribution is 2.60. The van der Waals surface area contributed by atoms with E-state index in [1.165, 1.54) is 0 Å². The number of carbonyl (C=O) groups excluding carboxylic acids is 2. The van der Waals surface area contributed by atoms with E-state index in [2.05, 4.69) is 5.32 Å². The molecule has 112 valence electrons. The minimum atomic E-state index is -0.889. The summed E-state index contributed by atoms with van der Waals surface area (Å²) in [5.41, 5.74) is -0.836. The number of benzene rings is 1. The van der Waals surface area contributed by atoms with Gasteiger partial charge in [-0.05, 0) is 37.3 Å². The third-order valence-electron chi connectivity index (χ3n) is 5.19. The van der Waals surface area contributed by atoms with Crippen LogP contribution in [0.4, 0.5) is 5.69 Å². The molecule has 2 fully saturated rings. The predicted octanol–water partition coefficient (Wildman–Crippen LogP) is 4.33. The first-order valence-corrected chi connectivity index (χ1v) is 7.85. The van der Waals surface area contributed by atoms with Crippen molar-refractivity contribution >= 4 is 40.6 Å². The molecule has 2 bridgehead atoms. The standard InChI is InChI=1S/C16H17Cl2NO2/c1-15(2)9-6-7-16(8-9,13(15)20)14(21)19-11-5-3-4-10(17)12(11)18/h3-5,9H,6-8H2,1-2H3,(H,19,21). The Kier molecular flexibility index (Phi) is 3.34. The molecule has 0 saturated heterocycles. The molecule has 0 radical (unpaired) electrons. The second kappa shape index (κ2) is 4.72. The molecule has 2 aliphatic carbocycles. The minimum Gasteiger partial charge on any atom is -0.324 e. The number of rotatable bonds is 2. The number of Topliss-reactive ketones (excluding diaryl/α,β-unsaturated/α-hetero) is 1. The van der Waals surface area contributed by atoms with E-state index in [-0.39, 0.29) is 11.7 Å². The Hall–Kier alpha value is -1.06. The van der Waals surface area contributed by atoms with Crippen molar-refractivity contribution in [2.75, 3.05) is 5.32 Å². The van der Waals surface area contributed by atoms with Crippen LogP contribution in [0.5, 0.6) is 0 Å². The third kappa shape index (κ3) is 2.01. The van der Waals surface area contributed by atoms with Crippen LogP contribution in [-0.2, 0) is 9.59 Å². The van der Waals surface area contributed by atoms with E-state index < -0.39 is 10.8 Å². The van der Waals surface area contributed by atoms with Gasteiger partial charge in [-0.2, -0.15) is 0 Å². The number of carbonyl (C=O) groups is 2. The topological polar surface area (TPSA) is 46.2 Å². The van der Waals surface area contributed by atoms with Crippen molar-refractivity contribution < 1.29 is 9.59 Å². The average Bonchev–Trinajstić information content (AvgIpc) is 2.96. The highest BCUT2D eigenvalue weighted by Gasteiger charge is 2.65. The van der Waals surface area contributed by atoms with E-state index in [9.17, 15) is 9.59 Å². The summed E-state index contributed by atoms with van der Waals surface area (Å²) in [5, 5.41) is 3.50. The zero-order valence-electron chi connectivity index (χ0n) is 12.0. The van der Waals surface area contributed by atoms with E-state index in [4.69, 9.17) is 23.2 Å². The average molecular weight is 326 g/mol. The summed E-state index contributed by atoms with van der Waals surface area (Å²) in [6.07, 6.45) is 2.20. The maximum Gasteiger partial charge on any atom is 0.238 e. The van der Waals surface area contributed by atoms with Gasteiger partial charge in [-0.1, -0.05) is 43.1 Å². The zero-order valence-corrected chi connectivity index (χ0v) is 13.5. The lowest BCUT2D eigenvalue weighted by Gasteiger charge is -2.32. The molecule has 0 aliphatic heterocycles. The van der Waals surface area contributed by atoms with Crippen LogP contribution in [0.15, 0.2) is 18.2 Å². The van der Waals surface area contributed by atoms with Crippen molar-refractivity contribution in [3.8, 4) is 0 Å². The van der Waals surface area contributed by atoms with E-state index in [1.807, 2.05) is 13.8 Å². The lowest BCUT2D eigenvalue weighted by atomic mass is 9.70. The molecule has 0 heterocycles. The molecule has 1 aromatic rings. The fourth-order valence-corrected chi connectivity index (χ4v) is 4.17. The molecule has 0 aromatic heterocycles. The number of amides is 1. The van der Waals surface area contributed by atoms with Gasteiger partial charge in [-0.3, -0.25) is 9.59 Å². The molecular formula is C16H17Cl2NO2. The Labute approximate surface area is 134 Å². The molecular weight excluding hydrogens is 309 g/mol. The number of halogens is 2. The molecule has 5 heteroatoms. The first-order valence-electron chi connectivity index (χ1n) is 7.09. The van der Waals surface area contributed by atoms with Crippen LogP contribution in [0.2, 0.25) is 10.0 Å². The lowest BCUT2D eigenvalue weighted by Crippen LogP contribution is -2.44. The Morgan fingerprint density at radius 2 is 2.05 bits per heavy atom. The van der Waals surface area contributed by atoms with Crippen molar-refractivity contribution in [1.29, 1.82) is 0 Å². The molecule has 3 nitrogen and oxygen atoms in total. The van der Waals surface area contributed by atoms with Crippen molar-refractivity contribution in [2.24, 2.45) is 16.7 Å². The van der Waals surface area contributed by atoms with Crippen LogP contribution in [0.3, 0.4) is 0 Å². The van der Waals surface area contributed by atoms with Gasteiger partial charge in [0, 0.05) is 5.41 Å². The zero-order chi connectivity index (χ0) is 15.4. The van der Waals surface area contributed by atoms with Gasteiger partial charge in [-0.15, -0.1) is 0 Å². The van der Waals surface area contributed by atoms with Gasteiger partial charge in [0.1, 0.15) is 5.41 Å². The Morgan fingerprint density at radius 1 is 1.33 bits per heavy atom. The number of hydrogen-bond donors (Lipinski definition) is 1. The molecule has 2 aliphatic rings. The molecule has 0 spiro atoms. The molecule has 1 N–H and O–H groups in total.